The Hall–Kier alpha value is -1.87. The number of rotatable bonds is 7. The van der Waals surface area contributed by atoms with Gasteiger partial charge in [0.05, 0.1) is 22.3 Å². The van der Waals surface area contributed by atoms with Crippen molar-refractivity contribution in [2.45, 2.75) is 37.5 Å². The minimum Gasteiger partial charge on any atom is -0.478 e. The van der Waals surface area contributed by atoms with E-state index in [1.165, 1.54) is 12.1 Å². The quantitative estimate of drug-likeness (QED) is 0.779. The van der Waals surface area contributed by atoms with Crippen molar-refractivity contribution in [2.24, 2.45) is 0 Å². The Bertz CT molecular complexity index is 629. The van der Waals surface area contributed by atoms with Crippen molar-refractivity contribution in [3.05, 3.63) is 29.3 Å². The molecule has 0 aliphatic rings. The van der Waals surface area contributed by atoms with Crippen LogP contribution in [0.1, 0.15) is 42.1 Å². The smallest absolute Gasteiger partial charge is 0.336 e. The van der Waals surface area contributed by atoms with Gasteiger partial charge in [0.15, 0.2) is 9.84 Å². The van der Waals surface area contributed by atoms with Crippen molar-refractivity contribution in [1.82, 2.24) is 0 Å². The van der Waals surface area contributed by atoms with Gasteiger partial charge in [-0.15, -0.1) is 0 Å². The number of unbranched alkanes of at least 4 members (excludes halogenated alkanes) is 2. The number of hydrogen-bond donors (Lipinski definition) is 1. The Morgan fingerprint density at radius 1 is 1.35 bits per heavy atom. The summed E-state index contributed by atoms with van der Waals surface area (Å²) in [5.74, 6) is -1.19. The molecule has 0 aliphatic carbocycles. The number of carboxylic acid groups (broad SMARTS) is 1. The number of aryl methyl sites for hydroxylation is 1. The minimum atomic E-state index is -3.49. The third-order valence-corrected chi connectivity index (χ3v) is 4.80. The van der Waals surface area contributed by atoms with E-state index in [1.807, 2.05) is 13.0 Å². The number of benzene rings is 1. The van der Waals surface area contributed by atoms with Gasteiger partial charge < -0.3 is 5.11 Å². The molecular weight excluding hydrogens is 278 g/mol. The molecule has 0 heterocycles. The minimum absolute atomic E-state index is 0.0315. The molecular formula is C14H17NO4S. The zero-order valence-corrected chi connectivity index (χ0v) is 12.1. The molecule has 0 bridgehead atoms. The van der Waals surface area contributed by atoms with Gasteiger partial charge in [0.2, 0.25) is 0 Å². The lowest BCUT2D eigenvalue weighted by atomic mass is 10.1. The SMILES string of the molecule is CCc1ccc(S(=O)(=O)CCCCC#N)cc1C(=O)O. The number of nitrogens with zero attached hydrogens (tertiary/aromatic N) is 1. The second kappa shape index (κ2) is 7.06. The second-order valence-electron chi connectivity index (χ2n) is 4.41. The first-order valence-corrected chi connectivity index (χ1v) is 8.03. The summed E-state index contributed by atoms with van der Waals surface area (Å²) in [4.78, 5) is 11.2. The van der Waals surface area contributed by atoms with Gasteiger partial charge >= 0.3 is 5.97 Å². The van der Waals surface area contributed by atoms with Gasteiger partial charge in [-0.2, -0.15) is 5.26 Å². The summed E-state index contributed by atoms with van der Waals surface area (Å²) in [6.07, 6.45) is 1.77. The van der Waals surface area contributed by atoms with Gasteiger partial charge in [0, 0.05) is 6.42 Å². The highest BCUT2D eigenvalue weighted by molar-refractivity contribution is 7.91. The average Bonchev–Trinajstić information content (AvgIpc) is 2.42. The highest BCUT2D eigenvalue weighted by Gasteiger charge is 2.18. The van der Waals surface area contributed by atoms with E-state index in [2.05, 4.69) is 0 Å². The maximum atomic E-state index is 12.1. The molecule has 5 nitrogen and oxygen atoms in total. The van der Waals surface area contributed by atoms with Crippen LogP contribution in [-0.4, -0.2) is 25.2 Å². The summed E-state index contributed by atoms with van der Waals surface area (Å²) in [6, 6.07) is 6.18. The Balaban J connectivity index is 2.99. The number of carboxylic acids is 1. The average molecular weight is 295 g/mol. The highest BCUT2D eigenvalue weighted by Crippen LogP contribution is 2.19. The highest BCUT2D eigenvalue weighted by atomic mass is 32.2. The molecule has 6 heteroatoms. The first kappa shape index (κ1) is 16.2. The van der Waals surface area contributed by atoms with Crippen molar-refractivity contribution in [2.75, 3.05) is 5.75 Å². The van der Waals surface area contributed by atoms with Crippen LogP contribution in [0.2, 0.25) is 0 Å². The van der Waals surface area contributed by atoms with E-state index >= 15 is 0 Å². The molecule has 0 saturated carbocycles. The van der Waals surface area contributed by atoms with Crippen LogP contribution in [0.5, 0.6) is 0 Å². The molecule has 108 valence electrons. The lowest BCUT2D eigenvalue weighted by Gasteiger charge is -2.08. The lowest BCUT2D eigenvalue weighted by molar-refractivity contribution is 0.0695. The van der Waals surface area contributed by atoms with Gasteiger partial charge in [-0.25, -0.2) is 13.2 Å². The molecule has 0 fully saturated rings. The van der Waals surface area contributed by atoms with Crippen LogP contribution < -0.4 is 0 Å². The van der Waals surface area contributed by atoms with Gasteiger partial charge in [0.1, 0.15) is 0 Å². The van der Waals surface area contributed by atoms with Crippen LogP contribution in [0.4, 0.5) is 0 Å². The number of sulfone groups is 1. The van der Waals surface area contributed by atoms with Crippen molar-refractivity contribution >= 4 is 15.8 Å². The fourth-order valence-electron chi connectivity index (χ4n) is 1.87. The lowest BCUT2D eigenvalue weighted by Crippen LogP contribution is -2.10. The van der Waals surface area contributed by atoms with Gasteiger partial charge in [-0.05, 0) is 37.0 Å². The monoisotopic (exact) mass is 295 g/mol. The summed E-state index contributed by atoms with van der Waals surface area (Å²) in [6.45, 7) is 1.82. The Kier molecular flexibility index (Phi) is 5.71. The van der Waals surface area contributed by atoms with Crippen molar-refractivity contribution in [1.29, 1.82) is 5.26 Å². The van der Waals surface area contributed by atoms with Crippen LogP contribution in [0.3, 0.4) is 0 Å². The zero-order valence-electron chi connectivity index (χ0n) is 11.3. The van der Waals surface area contributed by atoms with Crippen LogP contribution in [0, 0.1) is 11.3 Å². The number of nitriles is 1. The predicted molar refractivity (Wildman–Crippen MR) is 74.3 cm³/mol. The summed E-state index contributed by atoms with van der Waals surface area (Å²) < 4.78 is 24.2. The molecule has 0 amide bonds. The van der Waals surface area contributed by atoms with Crippen LogP contribution in [0.25, 0.3) is 0 Å². The van der Waals surface area contributed by atoms with Gasteiger partial charge in [-0.3, -0.25) is 0 Å². The largest absolute Gasteiger partial charge is 0.478 e. The normalized spacial score (nSPS) is 11.0. The van der Waals surface area contributed by atoms with E-state index in [-0.39, 0.29) is 16.2 Å². The molecule has 0 unspecified atom stereocenters. The second-order valence-corrected chi connectivity index (χ2v) is 6.52. The molecule has 0 radical (unpaired) electrons. The maximum Gasteiger partial charge on any atom is 0.336 e. The third kappa shape index (κ3) is 4.07. The molecule has 1 N–H and O–H groups in total. The van der Waals surface area contributed by atoms with Gasteiger partial charge in [0.25, 0.3) is 0 Å². The Morgan fingerprint density at radius 2 is 2.05 bits per heavy atom. The molecule has 1 rings (SSSR count). The molecule has 0 spiro atoms. The maximum absolute atomic E-state index is 12.1. The molecule has 0 saturated heterocycles. The van der Waals surface area contributed by atoms with Crippen LogP contribution in [-0.2, 0) is 16.3 Å². The van der Waals surface area contributed by atoms with Crippen molar-refractivity contribution in [3.63, 3.8) is 0 Å². The standard InChI is InChI=1S/C14H17NO4S/c1-2-11-6-7-12(10-13(11)14(16)17)20(18,19)9-5-3-4-8-15/h6-7,10H,2-5,9H2,1H3,(H,16,17). The van der Waals surface area contributed by atoms with Crippen LogP contribution in [0.15, 0.2) is 23.1 Å². The molecule has 1 aromatic carbocycles. The van der Waals surface area contributed by atoms with Crippen molar-refractivity contribution < 1.29 is 18.3 Å². The summed E-state index contributed by atoms with van der Waals surface area (Å²) >= 11 is 0. The van der Waals surface area contributed by atoms with E-state index in [0.29, 0.717) is 31.2 Å². The summed E-state index contributed by atoms with van der Waals surface area (Å²) in [5, 5.41) is 17.5. The topological polar surface area (TPSA) is 95.2 Å². The third-order valence-electron chi connectivity index (χ3n) is 3.00. The first-order chi connectivity index (χ1) is 9.42. The molecule has 0 aromatic heterocycles. The van der Waals surface area contributed by atoms with Crippen LogP contribution >= 0.6 is 0 Å². The number of carbonyl (C=O) groups is 1. The fourth-order valence-corrected chi connectivity index (χ4v) is 3.26. The Labute approximate surface area is 118 Å². The van der Waals surface area contributed by atoms with E-state index in [4.69, 9.17) is 10.4 Å². The number of hydrogen-bond acceptors (Lipinski definition) is 4. The Morgan fingerprint density at radius 3 is 2.60 bits per heavy atom. The number of aromatic carboxylic acids is 1. The van der Waals surface area contributed by atoms with E-state index in [0.717, 1.165) is 0 Å². The van der Waals surface area contributed by atoms with Gasteiger partial charge in [-0.1, -0.05) is 13.0 Å². The summed E-state index contributed by atoms with van der Waals surface area (Å²) in [5.41, 5.74) is 0.645. The van der Waals surface area contributed by atoms with E-state index in [9.17, 15) is 13.2 Å². The first-order valence-electron chi connectivity index (χ1n) is 6.38. The predicted octanol–water partition coefficient (Wildman–Crippen LogP) is 2.41. The fraction of sp³-hybridized carbons (Fsp3) is 0.429. The zero-order chi connectivity index (χ0) is 15.2. The molecule has 0 aliphatic heterocycles. The van der Waals surface area contributed by atoms with E-state index in [1.54, 1.807) is 6.07 Å². The van der Waals surface area contributed by atoms with Crippen molar-refractivity contribution in [3.8, 4) is 6.07 Å². The molecule has 20 heavy (non-hydrogen) atoms. The molecule has 1 aromatic rings. The van der Waals surface area contributed by atoms with E-state index < -0.39 is 15.8 Å². The summed E-state index contributed by atoms with van der Waals surface area (Å²) in [7, 11) is -3.49. The molecule has 0 atom stereocenters.